The average molecular weight is 534 g/mol. The van der Waals surface area contributed by atoms with Crippen LogP contribution in [0.15, 0.2) is 66.7 Å². The molecule has 0 N–H and O–H groups in total. The molecule has 1 aliphatic heterocycles. The SMILES string of the molecule is CP(=O)([O-])CCC/C=C/CC1C(OCc2ccc(-c3ccccc3)cc2)CC(=O)C1N1CCOCC1.[Na+]. The van der Waals surface area contributed by atoms with Crippen LogP contribution in [0.3, 0.4) is 0 Å². The zero-order chi connectivity index (χ0) is 25.4. The Morgan fingerprint density at radius 1 is 1.05 bits per heavy atom. The van der Waals surface area contributed by atoms with Crippen LogP contribution in [0.4, 0.5) is 0 Å². The van der Waals surface area contributed by atoms with Gasteiger partial charge in [0, 0.05) is 32.8 Å². The van der Waals surface area contributed by atoms with Gasteiger partial charge in [0.2, 0.25) is 0 Å². The molecule has 2 aliphatic rings. The predicted octanol–water partition coefficient (Wildman–Crippen LogP) is 1.53. The quantitative estimate of drug-likeness (QED) is 0.189. The summed E-state index contributed by atoms with van der Waals surface area (Å²) in [5, 5.41) is 0. The van der Waals surface area contributed by atoms with Crippen LogP contribution in [0.2, 0.25) is 0 Å². The minimum atomic E-state index is -3.21. The van der Waals surface area contributed by atoms with Crippen molar-refractivity contribution in [3.05, 3.63) is 72.3 Å². The molecule has 0 amide bonds. The predicted molar refractivity (Wildman–Crippen MR) is 141 cm³/mol. The van der Waals surface area contributed by atoms with Crippen LogP contribution in [0.5, 0.6) is 0 Å². The Morgan fingerprint density at radius 3 is 2.41 bits per heavy atom. The molecule has 4 atom stereocenters. The van der Waals surface area contributed by atoms with Crippen molar-refractivity contribution in [2.75, 3.05) is 39.1 Å². The fourth-order valence-electron chi connectivity index (χ4n) is 5.20. The van der Waals surface area contributed by atoms with Crippen LogP contribution in [0.1, 0.15) is 31.2 Å². The van der Waals surface area contributed by atoms with E-state index in [0.29, 0.717) is 32.7 Å². The molecular weight excluding hydrogens is 496 g/mol. The maximum Gasteiger partial charge on any atom is 1.00 e. The molecule has 0 spiro atoms. The van der Waals surface area contributed by atoms with Gasteiger partial charge in [-0.15, -0.1) is 0 Å². The van der Waals surface area contributed by atoms with E-state index in [2.05, 4.69) is 47.4 Å². The van der Waals surface area contributed by atoms with E-state index in [9.17, 15) is 14.3 Å². The van der Waals surface area contributed by atoms with Gasteiger partial charge in [-0.2, -0.15) is 0 Å². The summed E-state index contributed by atoms with van der Waals surface area (Å²) in [6.07, 6.45) is 6.77. The molecular formula is C29H37NNaO5P. The maximum absolute atomic E-state index is 13.1. The summed E-state index contributed by atoms with van der Waals surface area (Å²) in [5.74, 6) is 0.324. The van der Waals surface area contributed by atoms with Crippen LogP contribution in [0.25, 0.3) is 11.1 Å². The molecule has 2 fully saturated rings. The Morgan fingerprint density at radius 2 is 1.73 bits per heavy atom. The fraction of sp³-hybridized carbons (Fsp3) is 0.483. The van der Waals surface area contributed by atoms with E-state index in [-0.39, 0.29) is 59.6 Å². The third-order valence-electron chi connectivity index (χ3n) is 7.09. The van der Waals surface area contributed by atoms with Crippen molar-refractivity contribution in [3.63, 3.8) is 0 Å². The fourth-order valence-corrected chi connectivity index (χ4v) is 5.96. The number of rotatable bonds is 11. The van der Waals surface area contributed by atoms with E-state index < -0.39 is 7.37 Å². The normalized spacial score (nSPS) is 24.2. The minimum absolute atomic E-state index is 0. The van der Waals surface area contributed by atoms with Gasteiger partial charge < -0.3 is 18.9 Å². The summed E-state index contributed by atoms with van der Waals surface area (Å²) in [5.41, 5.74) is 3.44. The van der Waals surface area contributed by atoms with Crippen molar-refractivity contribution in [3.8, 4) is 11.1 Å². The molecule has 1 aliphatic carbocycles. The van der Waals surface area contributed by atoms with Crippen LogP contribution >= 0.6 is 7.37 Å². The van der Waals surface area contributed by atoms with E-state index in [4.69, 9.17) is 9.47 Å². The summed E-state index contributed by atoms with van der Waals surface area (Å²) in [4.78, 5) is 26.7. The Bertz CT molecular complexity index is 1050. The molecule has 1 heterocycles. The maximum atomic E-state index is 13.1. The van der Waals surface area contributed by atoms with Crippen molar-refractivity contribution in [2.45, 2.75) is 44.4 Å². The van der Waals surface area contributed by atoms with Crippen molar-refractivity contribution < 1.29 is 53.3 Å². The number of morpholine rings is 1. The smallest absolute Gasteiger partial charge is 0.799 e. The molecule has 2 aromatic carbocycles. The third-order valence-corrected chi connectivity index (χ3v) is 8.22. The molecule has 0 aromatic heterocycles. The van der Waals surface area contributed by atoms with Gasteiger partial charge in [-0.1, -0.05) is 66.7 Å². The Labute approximate surface area is 243 Å². The van der Waals surface area contributed by atoms with E-state index in [1.165, 1.54) is 17.8 Å². The van der Waals surface area contributed by atoms with Crippen LogP contribution in [-0.2, 0) is 25.4 Å². The number of hydrogen-bond donors (Lipinski definition) is 0. The number of ether oxygens (including phenoxy) is 2. The van der Waals surface area contributed by atoms with Gasteiger partial charge in [0.05, 0.1) is 32.0 Å². The molecule has 8 heteroatoms. The van der Waals surface area contributed by atoms with Gasteiger partial charge in [-0.05, 0) is 48.8 Å². The zero-order valence-electron chi connectivity index (χ0n) is 22.1. The van der Waals surface area contributed by atoms with E-state index >= 15 is 0 Å². The van der Waals surface area contributed by atoms with E-state index in [0.717, 1.165) is 31.5 Å². The minimum Gasteiger partial charge on any atom is -0.799 e. The monoisotopic (exact) mass is 533 g/mol. The first-order chi connectivity index (χ1) is 17.4. The van der Waals surface area contributed by atoms with Gasteiger partial charge in [0.25, 0.3) is 0 Å². The van der Waals surface area contributed by atoms with E-state index in [1.807, 2.05) is 24.3 Å². The molecule has 1 saturated carbocycles. The number of nitrogens with zero attached hydrogens (tertiary/aromatic N) is 1. The number of Topliss-reactive ketones (excluding diaryl/α,β-unsaturated/α-hetero) is 1. The van der Waals surface area contributed by atoms with Gasteiger partial charge in [-0.25, -0.2) is 0 Å². The van der Waals surface area contributed by atoms with Crippen LogP contribution in [0, 0.1) is 5.92 Å². The largest absolute Gasteiger partial charge is 1.00 e. The van der Waals surface area contributed by atoms with Crippen molar-refractivity contribution >= 4 is 13.2 Å². The second-order valence-corrected chi connectivity index (χ2v) is 12.4. The van der Waals surface area contributed by atoms with Gasteiger partial charge in [-0.3, -0.25) is 9.69 Å². The average Bonchev–Trinajstić information content (AvgIpc) is 3.20. The number of unbranched alkanes of at least 4 members (excludes halogenated alkanes) is 1. The van der Waals surface area contributed by atoms with Crippen LogP contribution in [-0.4, -0.2) is 62.0 Å². The Kier molecular flexibility index (Phi) is 12.3. The Hall–Kier alpha value is -1.08. The summed E-state index contributed by atoms with van der Waals surface area (Å²) < 4.78 is 23.3. The molecule has 6 nitrogen and oxygen atoms in total. The first kappa shape index (κ1) is 30.5. The second-order valence-electron chi connectivity index (χ2n) is 9.93. The standard InChI is InChI=1S/C29H38NO5P.Na/c1-36(32,33)20-8-3-2-7-11-26-28(21-27(31)29(26)30-16-18-34-19-17-30)35-22-23-12-14-25(15-13-23)24-9-5-4-6-10-24;/h2,4-7,9-10,12-15,26,28-29H,3,8,11,16-22H2,1H3,(H,32,33);/q;+1/p-1/b7-2+;. The summed E-state index contributed by atoms with van der Waals surface area (Å²) in [6.45, 7) is 4.60. The first-order valence-electron chi connectivity index (χ1n) is 12.9. The summed E-state index contributed by atoms with van der Waals surface area (Å²) in [7, 11) is -3.21. The molecule has 0 bridgehead atoms. The Balaban J connectivity index is 0.00000380. The number of hydrogen-bond acceptors (Lipinski definition) is 6. The molecule has 4 unspecified atom stereocenters. The first-order valence-corrected chi connectivity index (χ1v) is 15.2. The topological polar surface area (TPSA) is 78.9 Å². The molecule has 1 saturated heterocycles. The number of allylic oxidation sites excluding steroid dienone is 2. The number of ketones is 1. The van der Waals surface area contributed by atoms with E-state index in [1.54, 1.807) is 0 Å². The molecule has 2 aromatic rings. The van der Waals surface area contributed by atoms with Gasteiger partial charge in [0.1, 0.15) is 0 Å². The summed E-state index contributed by atoms with van der Waals surface area (Å²) >= 11 is 0. The summed E-state index contributed by atoms with van der Waals surface area (Å²) in [6, 6.07) is 18.5. The van der Waals surface area contributed by atoms with Crippen molar-refractivity contribution in [2.24, 2.45) is 5.92 Å². The van der Waals surface area contributed by atoms with Gasteiger partial charge in [0.15, 0.2) is 5.78 Å². The number of carbonyl (C=O) groups excluding carboxylic acids is 1. The van der Waals surface area contributed by atoms with Crippen LogP contribution < -0.4 is 34.5 Å². The number of benzene rings is 2. The molecule has 194 valence electrons. The zero-order valence-corrected chi connectivity index (χ0v) is 25.0. The van der Waals surface area contributed by atoms with Gasteiger partial charge >= 0.3 is 29.6 Å². The van der Waals surface area contributed by atoms with Crippen molar-refractivity contribution in [1.82, 2.24) is 4.90 Å². The molecule has 0 radical (unpaired) electrons. The molecule has 4 rings (SSSR count). The second kappa shape index (κ2) is 14.9. The van der Waals surface area contributed by atoms with Crippen molar-refractivity contribution in [1.29, 1.82) is 0 Å². The molecule has 37 heavy (non-hydrogen) atoms. The third kappa shape index (κ3) is 9.26. The number of carbonyl (C=O) groups is 1.